The van der Waals surface area contributed by atoms with Crippen LogP contribution in [0.2, 0.25) is 0 Å². The summed E-state index contributed by atoms with van der Waals surface area (Å²) in [6, 6.07) is 95.1. The largest absolute Gasteiger partial charge is 0.310 e. The van der Waals surface area contributed by atoms with Crippen molar-refractivity contribution in [3.63, 3.8) is 0 Å². The highest BCUT2D eigenvalue weighted by molar-refractivity contribution is 7.26. The van der Waals surface area contributed by atoms with Crippen LogP contribution in [0.1, 0.15) is 0 Å². The Morgan fingerprint density at radius 2 is 0.818 bits per heavy atom. The summed E-state index contributed by atoms with van der Waals surface area (Å²) < 4.78 is 2.62. The molecular formula is C64H43NS. The van der Waals surface area contributed by atoms with Crippen LogP contribution in [0.3, 0.4) is 0 Å². The number of hydrogen-bond acceptors (Lipinski definition) is 2. The molecular weight excluding hydrogens is 815 g/mol. The van der Waals surface area contributed by atoms with E-state index < -0.39 is 0 Å². The third kappa shape index (κ3) is 7.15. The third-order valence-corrected chi connectivity index (χ3v) is 14.1. The van der Waals surface area contributed by atoms with Gasteiger partial charge in [0, 0.05) is 37.1 Å². The minimum absolute atomic E-state index is 1.08. The summed E-state index contributed by atoms with van der Waals surface area (Å²) in [4.78, 5) is 2.45. The minimum Gasteiger partial charge on any atom is -0.310 e. The van der Waals surface area contributed by atoms with Crippen LogP contribution >= 0.6 is 11.3 Å². The van der Waals surface area contributed by atoms with Gasteiger partial charge in [-0.15, -0.1) is 11.3 Å². The van der Waals surface area contributed by atoms with Gasteiger partial charge in [0.15, 0.2) is 0 Å². The molecule has 0 saturated carbocycles. The maximum atomic E-state index is 2.45. The van der Waals surface area contributed by atoms with Gasteiger partial charge in [0.1, 0.15) is 0 Å². The molecule has 66 heavy (non-hydrogen) atoms. The van der Waals surface area contributed by atoms with Crippen molar-refractivity contribution in [2.24, 2.45) is 0 Å². The van der Waals surface area contributed by atoms with Crippen LogP contribution in [0.15, 0.2) is 261 Å². The van der Waals surface area contributed by atoms with E-state index in [2.05, 4.69) is 266 Å². The minimum atomic E-state index is 1.08. The van der Waals surface area contributed by atoms with Gasteiger partial charge in [-0.3, -0.25) is 0 Å². The molecule has 0 unspecified atom stereocenters. The Morgan fingerprint density at radius 1 is 0.273 bits per heavy atom. The van der Waals surface area contributed by atoms with Gasteiger partial charge in [0.25, 0.3) is 0 Å². The van der Waals surface area contributed by atoms with Crippen molar-refractivity contribution in [1.82, 2.24) is 0 Å². The first-order valence-electron chi connectivity index (χ1n) is 22.6. The maximum absolute atomic E-state index is 2.45. The van der Waals surface area contributed by atoms with Gasteiger partial charge < -0.3 is 4.90 Å². The number of anilines is 3. The standard InChI is InChI=1S/C64H43NS/c1-4-18-45(19-5-1)53-41-38-49(43-60(53)47-22-8-3-9-23-47)44-36-39-51(40-37-44)65(52-27-14-26-50(42-52)55-31-17-33-59-57-29-11-13-35-62(57)66-64(55)59)61-34-12-10-28-56(61)58-32-16-25-48-24-15-30-54(63(48)58)46-20-6-2-7-21-46/h1-43H. The van der Waals surface area contributed by atoms with Crippen molar-refractivity contribution in [2.75, 3.05) is 4.90 Å². The summed E-state index contributed by atoms with van der Waals surface area (Å²) in [6.45, 7) is 0. The lowest BCUT2D eigenvalue weighted by Gasteiger charge is -2.29. The van der Waals surface area contributed by atoms with Crippen molar-refractivity contribution < 1.29 is 0 Å². The highest BCUT2D eigenvalue weighted by atomic mass is 32.1. The second-order valence-electron chi connectivity index (χ2n) is 16.8. The van der Waals surface area contributed by atoms with Gasteiger partial charge in [-0.1, -0.05) is 218 Å². The van der Waals surface area contributed by atoms with Crippen LogP contribution in [0.4, 0.5) is 17.1 Å². The molecule has 12 aromatic rings. The molecule has 310 valence electrons. The van der Waals surface area contributed by atoms with Crippen LogP contribution in [0.5, 0.6) is 0 Å². The van der Waals surface area contributed by atoms with Crippen LogP contribution in [0.25, 0.3) is 97.7 Å². The highest BCUT2D eigenvalue weighted by Crippen LogP contribution is 2.47. The average Bonchev–Trinajstić information content (AvgIpc) is 3.79. The van der Waals surface area contributed by atoms with Crippen molar-refractivity contribution in [2.45, 2.75) is 0 Å². The number of fused-ring (bicyclic) bond motifs is 4. The molecule has 0 amide bonds. The van der Waals surface area contributed by atoms with E-state index in [0.717, 1.165) is 28.2 Å². The van der Waals surface area contributed by atoms with E-state index in [-0.39, 0.29) is 0 Å². The normalized spacial score (nSPS) is 11.3. The molecule has 0 aliphatic heterocycles. The molecule has 1 aromatic heterocycles. The fraction of sp³-hybridized carbons (Fsp3) is 0. The van der Waals surface area contributed by atoms with Crippen molar-refractivity contribution in [3.05, 3.63) is 261 Å². The Morgan fingerprint density at radius 3 is 1.58 bits per heavy atom. The number of rotatable bonds is 9. The van der Waals surface area contributed by atoms with Gasteiger partial charge in [-0.2, -0.15) is 0 Å². The van der Waals surface area contributed by atoms with Crippen molar-refractivity contribution in [1.29, 1.82) is 0 Å². The first-order chi connectivity index (χ1) is 32.7. The average molecular weight is 858 g/mol. The topological polar surface area (TPSA) is 3.24 Å². The van der Waals surface area contributed by atoms with Crippen molar-refractivity contribution >= 4 is 59.3 Å². The zero-order valence-corrected chi connectivity index (χ0v) is 37.0. The van der Waals surface area contributed by atoms with Crippen LogP contribution in [0, 0.1) is 0 Å². The molecule has 1 nitrogen and oxygen atoms in total. The number of para-hydroxylation sites is 1. The van der Waals surface area contributed by atoms with Gasteiger partial charge >= 0.3 is 0 Å². The number of thiophene rings is 1. The molecule has 11 aromatic carbocycles. The SMILES string of the molecule is c1ccc(-c2ccc(-c3ccc(N(c4cccc(-c5cccc6c5sc5ccccc56)c4)c4ccccc4-c4cccc5cccc(-c6ccccc6)c45)cc3)cc2-c2ccccc2)cc1. The summed E-state index contributed by atoms with van der Waals surface area (Å²) >= 11 is 1.88. The predicted octanol–water partition coefficient (Wildman–Crippen LogP) is 18.7. The lowest BCUT2D eigenvalue weighted by molar-refractivity contribution is 1.28. The summed E-state index contributed by atoms with van der Waals surface area (Å²) in [6.07, 6.45) is 0. The Hall–Kier alpha value is -8.30. The summed E-state index contributed by atoms with van der Waals surface area (Å²) in [5, 5.41) is 5.06. The van der Waals surface area contributed by atoms with E-state index in [1.807, 2.05) is 11.3 Å². The monoisotopic (exact) mass is 857 g/mol. The van der Waals surface area contributed by atoms with E-state index in [9.17, 15) is 0 Å². The molecule has 2 heteroatoms. The van der Waals surface area contributed by atoms with Gasteiger partial charge in [-0.05, 0) is 114 Å². The van der Waals surface area contributed by atoms with Crippen molar-refractivity contribution in [3.8, 4) is 66.8 Å². The van der Waals surface area contributed by atoms with E-state index in [0.29, 0.717) is 0 Å². The lowest BCUT2D eigenvalue weighted by atomic mass is 9.90. The molecule has 0 bridgehead atoms. The molecule has 1 heterocycles. The van der Waals surface area contributed by atoms with Gasteiger partial charge in [-0.25, -0.2) is 0 Å². The Bertz CT molecular complexity index is 3680. The maximum Gasteiger partial charge on any atom is 0.0540 e. The highest BCUT2D eigenvalue weighted by Gasteiger charge is 2.21. The predicted molar refractivity (Wildman–Crippen MR) is 284 cm³/mol. The first-order valence-corrected chi connectivity index (χ1v) is 23.4. The Kier molecular flexibility index (Phi) is 10.1. The lowest BCUT2D eigenvalue weighted by Crippen LogP contribution is -2.11. The Labute approximate surface area is 389 Å². The summed E-state index contributed by atoms with van der Waals surface area (Å²) in [5.74, 6) is 0. The molecule has 0 N–H and O–H groups in total. The second-order valence-corrected chi connectivity index (χ2v) is 17.9. The quantitative estimate of drug-likeness (QED) is 0.140. The number of benzene rings is 11. The zero-order chi connectivity index (χ0) is 43.8. The third-order valence-electron chi connectivity index (χ3n) is 12.9. The summed E-state index contributed by atoms with van der Waals surface area (Å²) in [7, 11) is 0. The molecule has 12 rings (SSSR count). The van der Waals surface area contributed by atoms with E-state index in [1.165, 1.54) is 86.6 Å². The second kappa shape index (κ2) is 17.0. The van der Waals surface area contributed by atoms with E-state index >= 15 is 0 Å². The first kappa shape index (κ1) is 39.3. The molecule has 0 aliphatic rings. The van der Waals surface area contributed by atoms with Crippen LogP contribution in [-0.4, -0.2) is 0 Å². The number of nitrogens with zero attached hydrogens (tertiary/aromatic N) is 1. The van der Waals surface area contributed by atoms with E-state index in [1.54, 1.807) is 0 Å². The molecule has 0 fully saturated rings. The molecule has 0 saturated heterocycles. The van der Waals surface area contributed by atoms with Gasteiger partial charge in [0.05, 0.1) is 5.69 Å². The fourth-order valence-corrected chi connectivity index (χ4v) is 11.0. The van der Waals surface area contributed by atoms with E-state index in [4.69, 9.17) is 0 Å². The molecule has 0 spiro atoms. The zero-order valence-electron chi connectivity index (χ0n) is 36.2. The smallest absolute Gasteiger partial charge is 0.0540 e. The number of hydrogen-bond donors (Lipinski definition) is 0. The van der Waals surface area contributed by atoms with Crippen LogP contribution in [-0.2, 0) is 0 Å². The summed E-state index contributed by atoms with van der Waals surface area (Å²) in [5.41, 5.74) is 17.7. The molecule has 0 aliphatic carbocycles. The van der Waals surface area contributed by atoms with Gasteiger partial charge in [0.2, 0.25) is 0 Å². The Balaban J connectivity index is 1.03. The molecule has 0 radical (unpaired) electrons. The fourth-order valence-electron chi connectivity index (χ4n) is 9.79. The molecule has 0 atom stereocenters. The van der Waals surface area contributed by atoms with Crippen LogP contribution < -0.4 is 4.90 Å².